The van der Waals surface area contributed by atoms with Crippen LogP contribution in [0.2, 0.25) is 0 Å². The van der Waals surface area contributed by atoms with Crippen LogP contribution >= 0.6 is 0 Å². The number of nitrogens with one attached hydrogen (secondary N) is 1. The van der Waals surface area contributed by atoms with Gasteiger partial charge in [-0.1, -0.05) is 18.2 Å². The summed E-state index contributed by atoms with van der Waals surface area (Å²) in [5.41, 5.74) is 1.12. The van der Waals surface area contributed by atoms with E-state index in [1.165, 1.54) is 12.1 Å². The van der Waals surface area contributed by atoms with Crippen molar-refractivity contribution in [1.29, 1.82) is 0 Å². The topological polar surface area (TPSA) is 12.0 Å². The second-order valence-electron chi connectivity index (χ2n) is 3.66. The minimum atomic E-state index is -0.183. The Kier molecular flexibility index (Phi) is 5.05. The van der Waals surface area contributed by atoms with Gasteiger partial charge < -0.3 is 5.32 Å². The minimum absolute atomic E-state index is 0.183. The van der Waals surface area contributed by atoms with E-state index in [9.17, 15) is 4.39 Å². The Balaban J connectivity index is 2.36. The number of benzene rings is 1. The SMILES string of the molecule is C=CCCCNC(C)c1ccc(F)cc1. The molecule has 0 saturated carbocycles. The van der Waals surface area contributed by atoms with Crippen LogP contribution in [0, 0.1) is 5.82 Å². The molecule has 1 rings (SSSR count). The molecule has 0 amide bonds. The molecule has 1 unspecified atom stereocenters. The summed E-state index contributed by atoms with van der Waals surface area (Å²) in [4.78, 5) is 0. The molecule has 0 saturated heterocycles. The molecule has 1 aromatic rings. The van der Waals surface area contributed by atoms with E-state index >= 15 is 0 Å². The molecule has 0 radical (unpaired) electrons. The van der Waals surface area contributed by atoms with Crippen LogP contribution in [-0.4, -0.2) is 6.54 Å². The Morgan fingerprint density at radius 2 is 2.07 bits per heavy atom. The minimum Gasteiger partial charge on any atom is -0.310 e. The van der Waals surface area contributed by atoms with Crippen LogP contribution in [0.5, 0.6) is 0 Å². The van der Waals surface area contributed by atoms with Crippen molar-refractivity contribution < 1.29 is 4.39 Å². The Hall–Kier alpha value is -1.15. The normalized spacial score (nSPS) is 12.4. The number of rotatable bonds is 6. The fraction of sp³-hybridized carbons (Fsp3) is 0.385. The molecule has 1 nitrogen and oxygen atoms in total. The molecule has 15 heavy (non-hydrogen) atoms. The summed E-state index contributed by atoms with van der Waals surface area (Å²) in [5.74, 6) is -0.183. The molecule has 1 N–H and O–H groups in total. The summed E-state index contributed by atoms with van der Waals surface area (Å²) in [5, 5.41) is 3.38. The number of allylic oxidation sites excluding steroid dienone is 1. The smallest absolute Gasteiger partial charge is 0.123 e. The van der Waals surface area contributed by atoms with Crippen molar-refractivity contribution >= 4 is 0 Å². The van der Waals surface area contributed by atoms with E-state index in [1.54, 1.807) is 0 Å². The molecule has 0 fully saturated rings. The zero-order valence-electron chi connectivity index (χ0n) is 9.17. The average molecular weight is 207 g/mol. The lowest BCUT2D eigenvalue weighted by Crippen LogP contribution is -2.19. The van der Waals surface area contributed by atoms with Gasteiger partial charge in [-0.25, -0.2) is 4.39 Å². The zero-order valence-corrected chi connectivity index (χ0v) is 9.17. The van der Waals surface area contributed by atoms with Gasteiger partial charge in [0, 0.05) is 6.04 Å². The van der Waals surface area contributed by atoms with Gasteiger partial charge in [0.15, 0.2) is 0 Å². The Morgan fingerprint density at radius 3 is 2.67 bits per heavy atom. The van der Waals surface area contributed by atoms with E-state index in [4.69, 9.17) is 0 Å². The molecule has 2 heteroatoms. The van der Waals surface area contributed by atoms with Crippen molar-refractivity contribution in [3.63, 3.8) is 0 Å². The van der Waals surface area contributed by atoms with E-state index in [-0.39, 0.29) is 11.9 Å². The van der Waals surface area contributed by atoms with Gasteiger partial charge in [-0.05, 0) is 44.0 Å². The first-order valence-corrected chi connectivity index (χ1v) is 5.34. The highest BCUT2D eigenvalue weighted by Gasteiger charge is 2.03. The molecule has 0 heterocycles. The molecule has 1 atom stereocenters. The lowest BCUT2D eigenvalue weighted by atomic mass is 10.1. The van der Waals surface area contributed by atoms with Gasteiger partial charge >= 0.3 is 0 Å². The second-order valence-corrected chi connectivity index (χ2v) is 3.66. The molecule has 0 bridgehead atoms. The maximum absolute atomic E-state index is 12.7. The monoisotopic (exact) mass is 207 g/mol. The van der Waals surface area contributed by atoms with Crippen molar-refractivity contribution in [1.82, 2.24) is 5.32 Å². The fourth-order valence-corrected chi connectivity index (χ4v) is 1.43. The van der Waals surface area contributed by atoms with Crippen molar-refractivity contribution in [2.75, 3.05) is 6.54 Å². The fourth-order valence-electron chi connectivity index (χ4n) is 1.43. The van der Waals surface area contributed by atoms with Crippen LogP contribution < -0.4 is 5.32 Å². The maximum Gasteiger partial charge on any atom is 0.123 e. The summed E-state index contributed by atoms with van der Waals surface area (Å²) in [7, 11) is 0. The van der Waals surface area contributed by atoms with Crippen LogP contribution in [0.15, 0.2) is 36.9 Å². The summed E-state index contributed by atoms with van der Waals surface area (Å²) >= 11 is 0. The lowest BCUT2D eigenvalue weighted by Gasteiger charge is -2.13. The van der Waals surface area contributed by atoms with Gasteiger partial charge in [0.2, 0.25) is 0 Å². The van der Waals surface area contributed by atoms with Crippen molar-refractivity contribution in [3.8, 4) is 0 Å². The van der Waals surface area contributed by atoms with Gasteiger partial charge in [-0.3, -0.25) is 0 Å². The molecular formula is C13H18FN. The molecular weight excluding hydrogens is 189 g/mol. The van der Waals surface area contributed by atoms with Gasteiger partial charge in [-0.15, -0.1) is 6.58 Å². The van der Waals surface area contributed by atoms with E-state index in [0.717, 1.165) is 24.9 Å². The molecule has 1 aromatic carbocycles. The first-order valence-electron chi connectivity index (χ1n) is 5.34. The maximum atomic E-state index is 12.7. The third-order valence-corrected chi connectivity index (χ3v) is 2.41. The first-order chi connectivity index (χ1) is 7.24. The molecule has 82 valence electrons. The summed E-state index contributed by atoms with van der Waals surface area (Å²) in [6.45, 7) is 6.72. The van der Waals surface area contributed by atoms with Crippen molar-refractivity contribution in [3.05, 3.63) is 48.3 Å². The van der Waals surface area contributed by atoms with Crippen molar-refractivity contribution in [2.45, 2.75) is 25.8 Å². The van der Waals surface area contributed by atoms with Gasteiger partial charge in [0.05, 0.1) is 0 Å². The summed E-state index contributed by atoms with van der Waals surface area (Å²) < 4.78 is 12.7. The summed E-state index contributed by atoms with van der Waals surface area (Å²) in [6.07, 6.45) is 4.04. The van der Waals surface area contributed by atoms with E-state index < -0.39 is 0 Å². The highest BCUT2D eigenvalue weighted by molar-refractivity contribution is 5.19. The highest BCUT2D eigenvalue weighted by Crippen LogP contribution is 2.12. The van der Waals surface area contributed by atoms with Gasteiger partial charge in [0.25, 0.3) is 0 Å². The van der Waals surface area contributed by atoms with Crippen LogP contribution in [0.4, 0.5) is 4.39 Å². The van der Waals surface area contributed by atoms with E-state index in [1.807, 2.05) is 18.2 Å². The van der Waals surface area contributed by atoms with Crippen LogP contribution in [0.3, 0.4) is 0 Å². The Labute approximate surface area is 91.0 Å². The average Bonchev–Trinajstić information content (AvgIpc) is 2.25. The molecule has 0 aliphatic carbocycles. The zero-order chi connectivity index (χ0) is 11.1. The Morgan fingerprint density at radius 1 is 1.40 bits per heavy atom. The van der Waals surface area contributed by atoms with Crippen molar-refractivity contribution in [2.24, 2.45) is 0 Å². The number of hydrogen-bond donors (Lipinski definition) is 1. The van der Waals surface area contributed by atoms with E-state index in [0.29, 0.717) is 0 Å². The predicted molar refractivity (Wildman–Crippen MR) is 62.2 cm³/mol. The molecule has 0 aliphatic rings. The Bertz CT molecular complexity index is 292. The number of hydrogen-bond acceptors (Lipinski definition) is 1. The van der Waals surface area contributed by atoms with E-state index in [2.05, 4.69) is 18.8 Å². The van der Waals surface area contributed by atoms with Crippen LogP contribution in [-0.2, 0) is 0 Å². The third-order valence-electron chi connectivity index (χ3n) is 2.41. The molecule has 0 aliphatic heterocycles. The third kappa shape index (κ3) is 4.26. The largest absolute Gasteiger partial charge is 0.310 e. The van der Waals surface area contributed by atoms with Crippen LogP contribution in [0.1, 0.15) is 31.4 Å². The van der Waals surface area contributed by atoms with Gasteiger partial charge in [-0.2, -0.15) is 0 Å². The standard InChI is InChI=1S/C13H18FN/c1-3-4-5-10-15-11(2)12-6-8-13(14)9-7-12/h3,6-9,11,15H,1,4-5,10H2,2H3. The number of unbranched alkanes of at least 4 members (excludes halogenated alkanes) is 1. The quantitative estimate of drug-likeness (QED) is 0.556. The molecule has 0 aromatic heterocycles. The second kappa shape index (κ2) is 6.36. The first kappa shape index (κ1) is 11.9. The number of halogens is 1. The lowest BCUT2D eigenvalue weighted by molar-refractivity contribution is 0.558. The summed E-state index contributed by atoms with van der Waals surface area (Å²) in [6, 6.07) is 6.91. The van der Waals surface area contributed by atoms with Gasteiger partial charge in [0.1, 0.15) is 5.82 Å². The van der Waals surface area contributed by atoms with Crippen LogP contribution in [0.25, 0.3) is 0 Å². The molecule has 0 spiro atoms. The highest BCUT2D eigenvalue weighted by atomic mass is 19.1. The predicted octanol–water partition coefficient (Wildman–Crippen LogP) is 3.44.